The molecule has 1 N–H and O–H groups in total. The van der Waals surface area contributed by atoms with Crippen molar-refractivity contribution in [3.8, 4) is 0 Å². The third-order valence-electron chi connectivity index (χ3n) is 4.24. The van der Waals surface area contributed by atoms with E-state index < -0.39 is 0 Å². The Hall–Kier alpha value is -1.98. The maximum absolute atomic E-state index is 5.57. The van der Waals surface area contributed by atoms with Crippen LogP contribution in [0.15, 0.2) is 42.5 Å². The fourth-order valence-electron chi connectivity index (χ4n) is 3.04. The van der Waals surface area contributed by atoms with Gasteiger partial charge >= 0.3 is 0 Å². The van der Waals surface area contributed by atoms with E-state index >= 15 is 0 Å². The van der Waals surface area contributed by atoms with Crippen LogP contribution in [0.25, 0.3) is 0 Å². The minimum atomic E-state index is 0.770. The van der Waals surface area contributed by atoms with Crippen molar-refractivity contribution in [2.45, 2.75) is 20.4 Å². The number of anilines is 1. The zero-order valence-electron chi connectivity index (χ0n) is 14.3. The average Bonchev–Trinajstić information content (AvgIpc) is 2.55. The Kier molecular flexibility index (Phi) is 5.43. The summed E-state index contributed by atoms with van der Waals surface area (Å²) in [4.78, 5) is 9.21. The second-order valence-corrected chi connectivity index (χ2v) is 6.74. The molecule has 24 heavy (non-hydrogen) atoms. The number of aromatic nitrogens is 1. The second-order valence-electron chi connectivity index (χ2n) is 6.35. The smallest absolute Gasteiger partial charge is 0.174 e. The molecule has 1 aromatic carbocycles. The summed E-state index contributed by atoms with van der Waals surface area (Å²) in [7, 11) is 0. The number of hydrogen-bond acceptors (Lipinski definition) is 3. The van der Waals surface area contributed by atoms with Gasteiger partial charge in [0.1, 0.15) is 5.82 Å². The summed E-state index contributed by atoms with van der Waals surface area (Å²) in [6, 6.07) is 14.7. The summed E-state index contributed by atoms with van der Waals surface area (Å²) in [6.45, 7) is 9.03. The zero-order chi connectivity index (χ0) is 16.9. The van der Waals surface area contributed by atoms with E-state index in [0.717, 1.165) is 49.3 Å². The number of piperazine rings is 1. The van der Waals surface area contributed by atoms with Crippen LogP contribution in [0.3, 0.4) is 0 Å². The zero-order valence-corrected chi connectivity index (χ0v) is 15.1. The van der Waals surface area contributed by atoms with Gasteiger partial charge in [-0.2, -0.15) is 0 Å². The first-order chi connectivity index (χ1) is 11.6. The van der Waals surface area contributed by atoms with Crippen molar-refractivity contribution >= 4 is 23.1 Å². The van der Waals surface area contributed by atoms with Crippen molar-refractivity contribution in [1.29, 1.82) is 0 Å². The molecule has 0 unspecified atom stereocenters. The lowest BCUT2D eigenvalue weighted by molar-refractivity contribution is 0.177. The Balaban J connectivity index is 1.51. The predicted octanol–water partition coefficient (Wildman–Crippen LogP) is 3.21. The molecule has 1 fully saturated rings. The van der Waals surface area contributed by atoms with Gasteiger partial charge in [0.05, 0.1) is 0 Å². The summed E-state index contributed by atoms with van der Waals surface area (Å²) in [5, 5.41) is 4.06. The van der Waals surface area contributed by atoms with Crippen LogP contribution in [0.2, 0.25) is 0 Å². The molecular weight excluding hydrogens is 316 g/mol. The molecule has 2 aromatic rings. The molecule has 0 saturated carbocycles. The highest BCUT2D eigenvalue weighted by atomic mass is 32.1. The third-order valence-corrected chi connectivity index (χ3v) is 4.60. The van der Waals surface area contributed by atoms with Crippen molar-refractivity contribution in [2.24, 2.45) is 0 Å². The van der Waals surface area contributed by atoms with Gasteiger partial charge in [-0.15, -0.1) is 0 Å². The maximum Gasteiger partial charge on any atom is 0.174 e. The molecule has 0 atom stereocenters. The summed E-state index contributed by atoms with van der Waals surface area (Å²) in [5.74, 6) is 0.837. The Bertz CT molecular complexity index is 674. The predicted molar refractivity (Wildman–Crippen MR) is 103 cm³/mol. The van der Waals surface area contributed by atoms with Gasteiger partial charge in [0.25, 0.3) is 0 Å². The molecule has 0 radical (unpaired) electrons. The second kappa shape index (κ2) is 7.73. The van der Waals surface area contributed by atoms with E-state index in [4.69, 9.17) is 12.2 Å². The van der Waals surface area contributed by atoms with Crippen LogP contribution in [0, 0.1) is 13.8 Å². The SMILES string of the molecule is Cc1cc(C)nc(NC(=S)N2CCN(Cc3ccccc3)CC2)c1. The standard InChI is InChI=1S/C19H24N4S/c1-15-12-16(2)20-18(13-15)21-19(24)23-10-8-22(9-11-23)14-17-6-4-3-5-7-17/h3-7,12-13H,8-11,14H2,1-2H3,(H,20,21,24). The van der Waals surface area contributed by atoms with Crippen molar-refractivity contribution in [3.63, 3.8) is 0 Å². The van der Waals surface area contributed by atoms with E-state index in [2.05, 4.69) is 63.4 Å². The van der Waals surface area contributed by atoms with E-state index in [1.807, 2.05) is 13.0 Å². The highest BCUT2D eigenvalue weighted by Gasteiger charge is 2.19. The topological polar surface area (TPSA) is 31.4 Å². The summed E-state index contributed by atoms with van der Waals surface area (Å²) in [5.41, 5.74) is 3.57. The molecule has 0 amide bonds. The van der Waals surface area contributed by atoms with Gasteiger partial charge in [0.2, 0.25) is 0 Å². The van der Waals surface area contributed by atoms with Gasteiger partial charge < -0.3 is 10.2 Å². The molecule has 0 bridgehead atoms. The van der Waals surface area contributed by atoms with Crippen LogP contribution in [-0.4, -0.2) is 46.1 Å². The molecule has 126 valence electrons. The van der Waals surface area contributed by atoms with E-state index in [9.17, 15) is 0 Å². The summed E-state index contributed by atoms with van der Waals surface area (Å²) < 4.78 is 0. The third kappa shape index (κ3) is 4.52. The van der Waals surface area contributed by atoms with Crippen molar-refractivity contribution in [2.75, 3.05) is 31.5 Å². The van der Waals surface area contributed by atoms with Gasteiger partial charge in [-0.25, -0.2) is 4.98 Å². The van der Waals surface area contributed by atoms with Crippen molar-refractivity contribution in [1.82, 2.24) is 14.8 Å². The average molecular weight is 340 g/mol. The van der Waals surface area contributed by atoms with Gasteiger partial charge in [-0.3, -0.25) is 4.90 Å². The van der Waals surface area contributed by atoms with Crippen LogP contribution in [0.1, 0.15) is 16.8 Å². The summed E-state index contributed by atoms with van der Waals surface area (Å²) >= 11 is 5.57. The lowest BCUT2D eigenvalue weighted by atomic mass is 10.2. The molecule has 1 saturated heterocycles. The number of aryl methyl sites for hydroxylation is 2. The molecule has 2 heterocycles. The van der Waals surface area contributed by atoms with E-state index in [0.29, 0.717) is 0 Å². The fourth-order valence-corrected chi connectivity index (χ4v) is 3.33. The Morgan fingerprint density at radius 2 is 1.79 bits per heavy atom. The molecular formula is C19H24N4S. The lowest BCUT2D eigenvalue weighted by Crippen LogP contribution is -2.49. The lowest BCUT2D eigenvalue weighted by Gasteiger charge is -2.36. The molecule has 1 aromatic heterocycles. The van der Waals surface area contributed by atoms with E-state index in [-0.39, 0.29) is 0 Å². The highest BCUT2D eigenvalue weighted by Crippen LogP contribution is 2.12. The Morgan fingerprint density at radius 3 is 2.46 bits per heavy atom. The van der Waals surface area contributed by atoms with E-state index in [1.54, 1.807) is 0 Å². The molecule has 1 aliphatic heterocycles. The molecule has 3 rings (SSSR count). The fraction of sp³-hybridized carbons (Fsp3) is 0.368. The Labute approximate surface area is 149 Å². The van der Waals surface area contributed by atoms with E-state index in [1.165, 1.54) is 11.1 Å². The molecule has 5 heteroatoms. The molecule has 0 spiro atoms. The largest absolute Gasteiger partial charge is 0.346 e. The van der Waals surface area contributed by atoms with Crippen LogP contribution >= 0.6 is 12.2 Å². The quantitative estimate of drug-likeness (QED) is 0.867. The number of thiocarbonyl (C=S) groups is 1. The van der Waals surface area contributed by atoms with Crippen molar-refractivity contribution < 1.29 is 0 Å². The van der Waals surface area contributed by atoms with Gasteiger partial charge in [0, 0.05) is 38.4 Å². The number of rotatable bonds is 3. The minimum Gasteiger partial charge on any atom is -0.346 e. The molecule has 0 aliphatic carbocycles. The summed E-state index contributed by atoms with van der Waals surface area (Å²) in [6.07, 6.45) is 0. The number of hydrogen-bond donors (Lipinski definition) is 1. The van der Waals surface area contributed by atoms with Crippen LogP contribution in [0.5, 0.6) is 0 Å². The van der Waals surface area contributed by atoms with Gasteiger partial charge in [-0.1, -0.05) is 30.3 Å². The molecule has 4 nitrogen and oxygen atoms in total. The van der Waals surface area contributed by atoms with Crippen LogP contribution < -0.4 is 5.32 Å². The highest BCUT2D eigenvalue weighted by molar-refractivity contribution is 7.80. The monoisotopic (exact) mass is 340 g/mol. The number of benzene rings is 1. The minimum absolute atomic E-state index is 0.770. The van der Waals surface area contributed by atoms with Gasteiger partial charge in [0.15, 0.2) is 5.11 Å². The maximum atomic E-state index is 5.57. The first-order valence-corrected chi connectivity index (χ1v) is 8.78. The first-order valence-electron chi connectivity index (χ1n) is 8.38. The van der Waals surface area contributed by atoms with Crippen LogP contribution in [0.4, 0.5) is 5.82 Å². The van der Waals surface area contributed by atoms with Gasteiger partial charge in [-0.05, 0) is 49.3 Å². The number of nitrogens with one attached hydrogen (secondary N) is 1. The normalized spacial score (nSPS) is 15.3. The van der Waals surface area contributed by atoms with Crippen LogP contribution in [-0.2, 0) is 6.54 Å². The number of nitrogens with zero attached hydrogens (tertiary/aromatic N) is 3. The molecule has 1 aliphatic rings. The Morgan fingerprint density at radius 1 is 1.08 bits per heavy atom. The first kappa shape index (κ1) is 16.9. The van der Waals surface area contributed by atoms with Crippen molar-refractivity contribution in [3.05, 3.63) is 59.3 Å². The number of pyridine rings is 1.